The zero-order chi connectivity index (χ0) is 36.8. The zero-order valence-electron chi connectivity index (χ0n) is 31.9. The van der Waals surface area contributed by atoms with Crippen molar-refractivity contribution in [1.82, 2.24) is 5.32 Å². The molecule has 0 aliphatic rings. The number of carbonyl (C=O) groups is 1. The van der Waals surface area contributed by atoms with Crippen LogP contribution in [-0.4, -0.2) is 47.8 Å². The first-order valence-corrected chi connectivity index (χ1v) is 21.4. The van der Waals surface area contributed by atoms with Crippen LogP contribution >= 0.6 is 7.82 Å². The quantitative estimate of drug-likeness (QED) is 0.0288. The maximum Gasteiger partial charge on any atom is 0.472 e. The molecule has 5 N–H and O–H groups in total. The van der Waals surface area contributed by atoms with Gasteiger partial charge in [-0.05, 0) is 77.0 Å². The molecular weight excluding hydrogens is 647 g/mol. The molecule has 9 heteroatoms. The number of nitrogens with two attached hydrogens (primary N) is 1. The van der Waals surface area contributed by atoms with Crippen LogP contribution in [0.3, 0.4) is 0 Å². The first kappa shape index (κ1) is 48.2. The van der Waals surface area contributed by atoms with Gasteiger partial charge in [-0.15, -0.1) is 0 Å². The number of hydrogen-bond donors (Lipinski definition) is 4. The van der Waals surface area contributed by atoms with Crippen molar-refractivity contribution >= 4 is 13.7 Å². The molecule has 3 atom stereocenters. The Hall–Kier alpha value is -1.80. The summed E-state index contributed by atoms with van der Waals surface area (Å²) in [5.41, 5.74) is 5.35. The number of unbranched alkanes of at least 4 members (excludes halogenated alkanes) is 16. The van der Waals surface area contributed by atoms with Crippen molar-refractivity contribution in [2.45, 2.75) is 174 Å². The first-order chi connectivity index (χ1) is 24.4. The molecule has 290 valence electrons. The summed E-state index contributed by atoms with van der Waals surface area (Å²) in [4.78, 5) is 22.6. The van der Waals surface area contributed by atoms with E-state index in [0.29, 0.717) is 6.42 Å². The van der Waals surface area contributed by atoms with Gasteiger partial charge < -0.3 is 21.1 Å². The molecule has 0 aliphatic heterocycles. The predicted molar refractivity (Wildman–Crippen MR) is 212 cm³/mol. The number of hydrogen-bond acceptors (Lipinski definition) is 6. The molecule has 0 rings (SSSR count). The molecule has 0 heterocycles. The molecule has 0 spiro atoms. The highest BCUT2D eigenvalue weighted by Gasteiger charge is 2.26. The fourth-order valence-corrected chi connectivity index (χ4v) is 6.01. The van der Waals surface area contributed by atoms with Crippen LogP contribution < -0.4 is 11.1 Å². The van der Waals surface area contributed by atoms with Crippen LogP contribution in [0.15, 0.2) is 60.8 Å². The summed E-state index contributed by atoms with van der Waals surface area (Å²) >= 11 is 0. The van der Waals surface area contributed by atoms with E-state index in [1.54, 1.807) is 6.08 Å². The SMILES string of the molecule is CCCCCC/C=C\C/C=C\CCCCCCCC(=O)NC(COP(=O)(O)OCCN)C(O)/C=C/CC/C=C/CC/C=C/CCCCCCC. The van der Waals surface area contributed by atoms with Crippen molar-refractivity contribution in [2.24, 2.45) is 5.73 Å². The molecule has 3 unspecified atom stereocenters. The summed E-state index contributed by atoms with van der Waals surface area (Å²) in [5, 5.41) is 13.6. The Bertz CT molecular complexity index is 965. The van der Waals surface area contributed by atoms with Gasteiger partial charge in [0.15, 0.2) is 0 Å². The van der Waals surface area contributed by atoms with E-state index in [9.17, 15) is 19.4 Å². The minimum absolute atomic E-state index is 0.0668. The van der Waals surface area contributed by atoms with Crippen molar-refractivity contribution in [1.29, 1.82) is 0 Å². The van der Waals surface area contributed by atoms with E-state index in [4.69, 9.17) is 14.8 Å². The second-order valence-electron chi connectivity index (χ2n) is 13.1. The third kappa shape index (κ3) is 34.6. The minimum atomic E-state index is -4.35. The molecule has 0 fully saturated rings. The lowest BCUT2D eigenvalue weighted by Crippen LogP contribution is -2.45. The number of nitrogens with one attached hydrogen (secondary N) is 1. The van der Waals surface area contributed by atoms with E-state index in [1.165, 1.54) is 70.6 Å². The maximum atomic E-state index is 12.7. The summed E-state index contributed by atoms with van der Waals surface area (Å²) < 4.78 is 22.0. The van der Waals surface area contributed by atoms with Crippen molar-refractivity contribution in [3.8, 4) is 0 Å². The summed E-state index contributed by atoms with van der Waals surface area (Å²) in [6.45, 7) is 4.04. The third-order valence-corrected chi connectivity index (χ3v) is 9.28. The molecule has 0 bridgehead atoms. The fraction of sp³-hybridized carbons (Fsp3) is 0.732. The van der Waals surface area contributed by atoms with Gasteiger partial charge in [-0.2, -0.15) is 0 Å². The number of allylic oxidation sites excluding steroid dienone is 9. The average Bonchev–Trinajstić information content (AvgIpc) is 3.10. The molecule has 1 amide bonds. The first-order valence-electron chi connectivity index (χ1n) is 19.9. The van der Waals surface area contributed by atoms with Crippen LogP contribution in [0.4, 0.5) is 0 Å². The Morgan fingerprint density at radius 3 is 1.68 bits per heavy atom. The molecule has 8 nitrogen and oxygen atoms in total. The highest BCUT2D eigenvalue weighted by Crippen LogP contribution is 2.43. The van der Waals surface area contributed by atoms with Gasteiger partial charge in [-0.3, -0.25) is 13.8 Å². The number of rotatable bonds is 36. The Morgan fingerprint density at radius 2 is 1.12 bits per heavy atom. The number of aliphatic hydroxyl groups excluding tert-OH is 1. The van der Waals surface area contributed by atoms with Gasteiger partial charge in [-0.1, -0.05) is 139 Å². The van der Waals surface area contributed by atoms with Crippen molar-refractivity contribution < 1.29 is 28.4 Å². The zero-order valence-corrected chi connectivity index (χ0v) is 32.8. The van der Waals surface area contributed by atoms with E-state index in [2.05, 4.69) is 67.8 Å². The average molecular weight is 723 g/mol. The van der Waals surface area contributed by atoms with Crippen molar-refractivity contribution in [3.63, 3.8) is 0 Å². The number of phosphoric acid groups is 1. The lowest BCUT2D eigenvalue weighted by atomic mass is 10.1. The van der Waals surface area contributed by atoms with E-state index < -0.39 is 20.0 Å². The van der Waals surface area contributed by atoms with Crippen LogP contribution in [0.5, 0.6) is 0 Å². The summed E-state index contributed by atoms with van der Waals surface area (Å²) in [6.07, 6.45) is 45.5. The second-order valence-corrected chi connectivity index (χ2v) is 14.6. The number of carbonyl (C=O) groups excluding carboxylic acids is 1. The number of amides is 1. The smallest absolute Gasteiger partial charge is 0.387 e. The number of aliphatic hydroxyl groups is 1. The van der Waals surface area contributed by atoms with E-state index in [1.807, 2.05) is 6.08 Å². The van der Waals surface area contributed by atoms with E-state index in [-0.39, 0.29) is 25.7 Å². The van der Waals surface area contributed by atoms with Crippen molar-refractivity contribution in [3.05, 3.63) is 60.8 Å². The topological polar surface area (TPSA) is 131 Å². The van der Waals surface area contributed by atoms with Gasteiger partial charge in [-0.25, -0.2) is 4.57 Å². The highest BCUT2D eigenvalue weighted by molar-refractivity contribution is 7.47. The molecular formula is C41H75N2O6P. The van der Waals surface area contributed by atoms with Crippen molar-refractivity contribution in [2.75, 3.05) is 19.8 Å². The fourth-order valence-electron chi connectivity index (χ4n) is 5.25. The van der Waals surface area contributed by atoms with Gasteiger partial charge >= 0.3 is 7.82 Å². The van der Waals surface area contributed by atoms with Gasteiger partial charge in [0.25, 0.3) is 0 Å². The molecule has 0 saturated heterocycles. The predicted octanol–water partition coefficient (Wildman–Crippen LogP) is 10.7. The van der Waals surface area contributed by atoms with Gasteiger partial charge in [0, 0.05) is 13.0 Å². The molecule has 0 aromatic rings. The Balaban J connectivity index is 4.41. The highest BCUT2D eigenvalue weighted by atomic mass is 31.2. The Labute approximate surface area is 306 Å². The number of phosphoric ester groups is 1. The molecule has 50 heavy (non-hydrogen) atoms. The van der Waals surface area contributed by atoms with E-state index in [0.717, 1.165) is 70.6 Å². The summed E-state index contributed by atoms with van der Waals surface area (Å²) in [5.74, 6) is -0.225. The molecule has 0 aliphatic carbocycles. The maximum absolute atomic E-state index is 12.7. The lowest BCUT2D eigenvalue weighted by molar-refractivity contribution is -0.123. The van der Waals surface area contributed by atoms with Crippen LogP contribution in [0, 0.1) is 0 Å². The Kier molecular flexibility index (Phi) is 35.6. The van der Waals surface area contributed by atoms with Crippen LogP contribution in [-0.2, 0) is 18.4 Å². The third-order valence-electron chi connectivity index (χ3n) is 8.29. The molecule has 0 saturated carbocycles. The minimum Gasteiger partial charge on any atom is -0.387 e. The summed E-state index contributed by atoms with van der Waals surface area (Å²) in [6, 6.07) is -0.891. The molecule has 0 radical (unpaired) electrons. The van der Waals surface area contributed by atoms with Crippen LogP contribution in [0.2, 0.25) is 0 Å². The second kappa shape index (κ2) is 37.0. The molecule has 0 aromatic heterocycles. The van der Waals surface area contributed by atoms with E-state index >= 15 is 0 Å². The van der Waals surface area contributed by atoms with Gasteiger partial charge in [0.1, 0.15) is 0 Å². The summed E-state index contributed by atoms with van der Waals surface area (Å²) in [7, 11) is -4.35. The van der Waals surface area contributed by atoms with Crippen LogP contribution in [0.1, 0.15) is 162 Å². The van der Waals surface area contributed by atoms with Gasteiger partial charge in [0.2, 0.25) is 5.91 Å². The van der Waals surface area contributed by atoms with Gasteiger partial charge in [0.05, 0.1) is 25.4 Å². The normalized spacial score (nSPS) is 14.9. The van der Waals surface area contributed by atoms with Crippen LogP contribution in [0.25, 0.3) is 0 Å². The monoisotopic (exact) mass is 723 g/mol. The lowest BCUT2D eigenvalue weighted by Gasteiger charge is -2.23. The standard InChI is InChI=1S/C41H75N2O6P/c1-3-5-7-9-11-13-15-17-19-21-23-25-27-29-31-33-35-41(45)43-39(38-49-50(46,47)48-37-36-42)40(44)34-32-30-28-26-24-22-20-18-16-14-12-10-8-6-4-2/h13,15-16,18-19,21,24,26,32,34,39-40,44H,3-12,14,17,20,22-23,25,27-31,33,35-38,42H2,1-2H3,(H,43,45)(H,46,47)/b15-13-,18-16+,21-19-,26-24+,34-32+. The Morgan fingerprint density at radius 1 is 0.660 bits per heavy atom. The largest absolute Gasteiger partial charge is 0.472 e. The molecule has 0 aromatic carbocycles.